The van der Waals surface area contributed by atoms with Gasteiger partial charge in [0.05, 0.1) is 7.11 Å². The Kier molecular flexibility index (Phi) is 5.87. The maximum Gasteiger partial charge on any atom is 0.328 e. The fourth-order valence-electron chi connectivity index (χ4n) is 3.72. The second-order valence-corrected chi connectivity index (χ2v) is 7.69. The van der Waals surface area contributed by atoms with E-state index < -0.39 is 23.5 Å². The first kappa shape index (κ1) is 22.7. The number of amides is 3. The summed E-state index contributed by atoms with van der Waals surface area (Å²) in [5.41, 5.74) is 3.52. The Morgan fingerprint density at radius 3 is 2.42 bits per heavy atom. The number of carbonyl (C=O) groups is 3. The second kappa shape index (κ2) is 9.29. The molecule has 3 aromatic carbocycles. The Morgan fingerprint density at radius 1 is 0.889 bits per heavy atom. The number of hydrogen-bond acceptors (Lipinski definition) is 6. The summed E-state index contributed by atoms with van der Waals surface area (Å²) in [7, 11) is 1.44. The fourth-order valence-corrected chi connectivity index (χ4v) is 3.72. The first-order chi connectivity index (χ1) is 17.4. The van der Waals surface area contributed by atoms with Crippen molar-refractivity contribution in [1.82, 2.24) is 4.68 Å². The quantitative estimate of drug-likeness (QED) is 0.369. The highest BCUT2D eigenvalue weighted by molar-refractivity contribution is 6.42. The molecule has 0 spiro atoms. The molecule has 1 aromatic heterocycles. The van der Waals surface area contributed by atoms with Gasteiger partial charge in [-0.05, 0) is 48.5 Å². The van der Waals surface area contributed by atoms with E-state index in [9.17, 15) is 18.8 Å². The van der Waals surface area contributed by atoms with Gasteiger partial charge in [-0.2, -0.15) is 0 Å². The summed E-state index contributed by atoms with van der Waals surface area (Å²) in [5.74, 6) is -1.73. The highest BCUT2D eigenvalue weighted by Crippen LogP contribution is 2.34. The van der Waals surface area contributed by atoms with Crippen LogP contribution < -0.4 is 30.3 Å². The monoisotopic (exact) mass is 490 g/mol. The van der Waals surface area contributed by atoms with Crippen LogP contribution in [0, 0.1) is 5.82 Å². The minimum atomic E-state index is -1.04. The number of rotatable bonds is 5. The fraction of sp³-hybridized carbons (Fsp3) is 0.0800. The van der Waals surface area contributed by atoms with Crippen molar-refractivity contribution in [3.05, 3.63) is 78.2 Å². The topological polar surface area (TPSA) is 120 Å². The zero-order valence-electron chi connectivity index (χ0n) is 18.8. The summed E-state index contributed by atoms with van der Waals surface area (Å²) in [6.07, 6.45) is 0. The van der Waals surface area contributed by atoms with Crippen molar-refractivity contribution in [2.75, 3.05) is 30.0 Å². The van der Waals surface area contributed by atoms with Crippen LogP contribution in [0.2, 0.25) is 0 Å². The maximum atomic E-state index is 13.2. The summed E-state index contributed by atoms with van der Waals surface area (Å²) in [4.78, 5) is 38.6. The minimum absolute atomic E-state index is 0.0167. The largest absolute Gasteiger partial charge is 0.494 e. The SMILES string of the molecule is COc1cccc2cc(C(=O)Nc3ccc(F)cc3)n(NC(=O)C(=O)Nc3ccc4c(c3)OCO4)c12. The Balaban J connectivity index is 1.43. The molecule has 0 unspecified atom stereocenters. The minimum Gasteiger partial charge on any atom is -0.494 e. The van der Waals surface area contributed by atoms with Crippen molar-refractivity contribution in [3.63, 3.8) is 0 Å². The van der Waals surface area contributed by atoms with Crippen LogP contribution in [-0.4, -0.2) is 36.3 Å². The van der Waals surface area contributed by atoms with Crippen LogP contribution >= 0.6 is 0 Å². The highest BCUT2D eigenvalue weighted by atomic mass is 19.1. The van der Waals surface area contributed by atoms with Gasteiger partial charge in [0.2, 0.25) is 6.79 Å². The van der Waals surface area contributed by atoms with Gasteiger partial charge in [-0.25, -0.2) is 9.07 Å². The zero-order chi connectivity index (χ0) is 25.2. The number of methoxy groups -OCH3 is 1. The normalized spacial score (nSPS) is 11.7. The molecule has 3 amide bonds. The van der Waals surface area contributed by atoms with E-state index in [1.165, 1.54) is 48.2 Å². The van der Waals surface area contributed by atoms with Crippen LogP contribution in [0.4, 0.5) is 15.8 Å². The molecule has 0 radical (unpaired) electrons. The third-order valence-corrected chi connectivity index (χ3v) is 5.39. The molecule has 0 saturated carbocycles. The second-order valence-electron chi connectivity index (χ2n) is 7.69. The lowest BCUT2D eigenvalue weighted by Gasteiger charge is -2.14. The Bertz CT molecular complexity index is 1500. The molecule has 36 heavy (non-hydrogen) atoms. The van der Waals surface area contributed by atoms with Gasteiger partial charge in [0.1, 0.15) is 22.8 Å². The van der Waals surface area contributed by atoms with E-state index in [1.54, 1.807) is 30.3 Å². The smallest absolute Gasteiger partial charge is 0.328 e. The van der Waals surface area contributed by atoms with Gasteiger partial charge in [0.15, 0.2) is 11.5 Å². The summed E-state index contributed by atoms with van der Waals surface area (Å²) < 4.78 is 30.3. The third-order valence-electron chi connectivity index (χ3n) is 5.39. The molecule has 1 aliphatic rings. The van der Waals surface area contributed by atoms with E-state index in [0.717, 1.165) is 0 Å². The predicted molar refractivity (Wildman–Crippen MR) is 128 cm³/mol. The molecule has 2 heterocycles. The van der Waals surface area contributed by atoms with Gasteiger partial charge in [-0.1, -0.05) is 12.1 Å². The van der Waals surface area contributed by atoms with Crippen LogP contribution in [-0.2, 0) is 9.59 Å². The highest BCUT2D eigenvalue weighted by Gasteiger charge is 2.23. The Morgan fingerprint density at radius 2 is 1.64 bits per heavy atom. The van der Waals surface area contributed by atoms with Crippen molar-refractivity contribution in [2.45, 2.75) is 0 Å². The number of carbonyl (C=O) groups excluding carboxylic acids is 3. The van der Waals surface area contributed by atoms with E-state index in [0.29, 0.717) is 39.5 Å². The molecule has 0 aliphatic carbocycles. The van der Waals surface area contributed by atoms with E-state index >= 15 is 0 Å². The molecule has 1 aliphatic heterocycles. The molecular weight excluding hydrogens is 471 g/mol. The number of nitrogens with zero attached hydrogens (tertiary/aromatic N) is 1. The lowest BCUT2D eigenvalue weighted by Crippen LogP contribution is -2.36. The van der Waals surface area contributed by atoms with Gasteiger partial charge in [0.25, 0.3) is 5.91 Å². The van der Waals surface area contributed by atoms with Gasteiger partial charge in [-0.3, -0.25) is 19.8 Å². The van der Waals surface area contributed by atoms with E-state index in [1.807, 2.05) is 0 Å². The van der Waals surface area contributed by atoms with Crippen molar-refractivity contribution in [3.8, 4) is 17.2 Å². The molecule has 0 saturated heterocycles. The first-order valence-electron chi connectivity index (χ1n) is 10.7. The molecule has 5 rings (SSSR count). The van der Waals surface area contributed by atoms with Gasteiger partial charge >= 0.3 is 11.8 Å². The number of halogens is 1. The van der Waals surface area contributed by atoms with Gasteiger partial charge in [0, 0.05) is 22.8 Å². The summed E-state index contributed by atoms with van der Waals surface area (Å²) in [5, 5.41) is 5.71. The summed E-state index contributed by atoms with van der Waals surface area (Å²) >= 11 is 0. The van der Waals surface area contributed by atoms with Crippen LogP contribution in [0.25, 0.3) is 10.9 Å². The number of para-hydroxylation sites is 1. The Labute approximate surface area is 203 Å². The standard InChI is InChI=1S/C25H19FN4O6/c1-34-20-4-2-3-14-11-18(23(31)27-16-7-5-15(26)6-8-16)30(22(14)20)29-25(33)24(32)28-17-9-10-19-21(12-17)36-13-35-19/h2-12H,13H2,1H3,(H,27,31)(H,28,32)(H,29,33). The third kappa shape index (κ3) is 4.37. The van der Waals surface area contributed by atoms with E-state index in [-0.39, 0.29) is 12.5 Å². The number of anilines is 2. The molecule has 0 fully saturated rings. The van der Waals surface area contributed by atoms with Gasteiger partial charge in [-0.15, -0.1) is 0 Å². The molecular formula is C25H19FN4O6. The van der Waals surface area contributed by atoms with Crippen LogP contribution in [0.1, 0.15) is 10.5 Å². The van der Waals surface area contributed by atoms with Crippen molar-refractivity contribution in [2.24, 2.45) is 0 Å². The number of aromatic nitrogens is 1. The first-order valence-corrected chi connectivity index (χ1v) is 10.7. The lowest BCUT2D eigenvalue weighted by molar-refractivity contribution is -0.133. The summed E-state index contributed by atoms with van der Waals surface area (Å²) in [6.45, 7) is 0.0680. The summed E-state index contributed by atoms with van der Waals surface area (Å²) in [6, 6.07) is 16.5. The van der Waals surface area contributed by atoms with Crippen molar-refractivity contribution in [1.29, 1.82) is 0 Å². The average molecular weight is 490 g/mol. The van der Waals surface area contributed by atoms with Crippen molar-refractivity contribution >= 4 is 40.0 Å². The number of benzene rings is 3. The van der Waals surface area contributed by atoms with Crippen molar-refractivity contribution < 1.29 is 33.0 Å². The Hall–Kier alpha value is -5.06. The average Bonchev–Trinajstić information content (AvgIpc) is 3.49. The molecule has 0 bridgehead atoms. The predicted octanol–water partition coefficient (Wildman–Crippen LogP) is 3.48. The number of nitrogens with one attached hydrogen (secondary N) is 3. The van der Waals surface area contributed by atoms with Crippen LogP contribution in [0.15, 0.2) is 66.7 Å². The zero-order valence-corrected chi connectivity index (χ0v) is 18.8. The van der Waals surface area contributed by atoms with E-state index in [4.69, 9.17) is 14.2 Å². The number of fused-ring (bicyclic) bond motifs is 2. The molecule has 11 heteroatoms. The van der Waals surface area contributed by atoms with E-state index in [2.05, 4.69) is 16.1 Å². The number of ether oxygens (including phenoxy) is 3. The number of hydrogen-bond donors (Lipinski definition) is 3. The van der Waals surface area contributed by atoms with Crippen LogP contribution in [0.3, 0.4) is 0 Å². The van der Waals surface area contributed by atoms with Crippen LogP contribution in [0.5, 0.6) is 17.2 Å². The molecule has 182 valence electrons. The van der Waals surface area contributed by atoms with Gasteiger partial charge < -0.3 is 24.8 Å². The molecule has 3 N–H and O–H groups in total. The lowest BCUT2D eigenvalue weighted by atomic mass is 10.2. The molecule has 0 atom stereocenters. The molecule has 10 nitrogen and oxygen atoms in total. The maximum absolute atomic E-state index is 13.2. The molecule has 4 aromatic rings.